The number of H-pyrrole nitrogens is 1. The maximum atomic E-state index is 12.0. The van der Waals surface area contributed by atoms with E-state index >= 15 is 0 Å². The van der Waals surface area contributed by atoms with E-state index in [9.17, 15) is 19.5 Å². The Morgan fingerprint density at radius 3 is 2.48 bits per heavy atom. The fraction of sp³-hybridized carbons (Fsp3) is 0.538. The molecule has 1 heterocycles. The monoisotopic (exact) mass is 293 g/mol. The Kier molecular flexibility index (Phi) is 4.56. The summed E-state index contributed by atoms with van der Waals surface area (Å²) < 4.78 is 0. The van der Waals surface area contributed by atoms with Crippen molar-refractivity contribution in [2.24, 2.45) is 11.8 Å². The predicted molar refractivity (Wildman–Crippen MR) is 69.4 cm³/mol. The summed E-state index contributed by atoms with van der Waals surface area (Å²) >= 11 is 0. The van der Waals surface area contributed by atoms with Crippen molar-refractivity contribution < 1.29 is 19.5 Å². The standard InChI is InChI=1S/C13H18N4O4/c1-7-6-10(15-14-7)12(19)17-16-11(18)8-4-2-3-5-9(8)13(20)21/h6,8-9H,2-5H2,1H3,(H,14,15)(H,16,18)(H,17,19)(H,20,21)/p-1/t8-,9-/m1/s1. The number of hydrogen-bond acceptors (Lipinski definition) is 5. The van der Waals surface area contributed by atoms with Crippen molar-refractivity contribution in [1.82, 2.24) is 21.0 Å². The summed E-state index contributed by atoms with van der Waals surface area (Å²) in [5, 5.41) is 17.4. The van der Waals surface area contributed by atoms with Crippen LogP contribution in [0.4, 0.5) is 0 Å². The number of aryl methyl sites for hydroxylation is 1. The Hall–Kier alpha value is -2.38. The highest BCUT2D eigenvalue weighted by molar-refractivity contribution is 5.94. The first-order chi connectivity index (χ1) is 9.99. The average Bonchev–Trinajstić information content (AvgIpc) is 2.91. The van der Waals surface area contributed by atoms with Crippen LogP contribution in [-0.2, 0) is 9.59 Å². The normalized spacial score (nSPS) is 21.6. The molecule has 1 saturated carbocycles. The number of aliphatic carboxylic acids is 1. The van der Waals surface area contributed by atoms with Gasteiger partial charge in [0.1, 0.15) is 0 Å². The minimum absolute atomic E-state index is 0.146. The van der Waals surface area contributed by atoms with E-state index in [2.05, 4.69) is 21.0 Å². The summed E-state index contributed by atoms with van der Waals surface area (Å²) in [5.74, 6) is -3.77. The molecule has 8 nitrogen and oxygen atoms in total. The lowest BCUT2D eigenvalue weighted by Crippen LogP contribution is -2.49. The molecule has 114 valence electrons. The van der Waals surface area contributed by atoms with E-state index in [1.54, 1.807) is 6.92 Å². The van der Waals surface area contributed by atoms with Crippen molar-refractivity contribution in [1.29, 1.82) is 0 Å². The van der Waals surface area contributed by atoms with Gasteiger partial charge in [-0.3, -0.25) is 25.5 Å². The van der Waals surface area contributed by atoms with Crippen LogP contribution in [0, 0.1) is 18.8 Å². The van der Waals surface area contributed by atoms with Crippen LogP contribution < -0.4 is 16.0 Å². The molecule has 0 unspecified atom stereocenters. The van der Waals surface area contributed by atoms with Crippen LogP contribution in [-0.4, -0.2) is 28.0 Å². The third kappa shape index (κ3) is 3.59. The van der Waals surface area contributed by atoms with Gasteiger partial charge in [-0.1, -0.05) is 12.8 Å². The molecule has 3 N–H and O–H groups in total. The number of rotatable bonds is 3. The van der Waals surface area contributed by atoms with E-state index in [0.717, 1.165) is 18.5 Å². The average molecular weight is 293 g/mol. The zero-order valence-electron chi connectivity index (χ0n) is 11.6. The number of carboxylic acid groups (broad SMARTS) is 1. The second kappa shape index (κ2) is 6.38. The Bertz CT molecular complexity index is 554. The van der Waals surface area contributed by atoms with Gasteiger partial charge in [-0.25, -0.2) is 0 Å². The molecule has 1 aliphatic carbocycles. The topological polar surface area (TPSA) is 127 Å². The number of hydrogen-bond donors (Lipinski definition) is 3. The molecule has 1 aliphatic rings. The minimum atomic E-state index is -1.22. The van der Waals surface area contributed by atoms with Gasteiger partial charge in [0.25, 0.3) is 5.91 Å². The highest BCUT2D eigenvalue weighted by Gasteiger charge is 2.32. The third-order valence-corrected chi connectivity index (χ3v) is 3.64. The number of carbonyl (C=O) groups excluding carboxylic acids is 3. The molecule has 21 heavy (non-hydrogen) atoms. The number of nitrogens with zero attached hydrogens (tertiary/aromatic N) is 1. The summed E-state index contributed by atoms with van der Waals surface area (Å²) in [6.45, 7) is 1.74. The van der Waals surface area contributed by atoms with Crippen molar-refractivity contribution in [2.75, 3.05) is 0 Å². The van der Waals surface area contributed by atoms with Crippen molar-refractivity contribution >= 4 is 17.8 Å². The van der Waals surface area contributed by atoms with E-state index in [-0.39, 0.29) is 5.69 Å². The lowest BCUT2D eigenvalue weighted by molar-refractivity contribution is -0.314. The van der Waals surface area contributed by atoms with E-state index in [1.165, 1.54) is 6.07 Å². The molecule has 0 aliphatic heterocycles. The van der Waals surface area contributed by atoms with Crippen molar-refractivity contribution in [3.63, 3.8) is 0 Å². The minimum Gasteiger partial charge on any atom is -0.550 e. The first-order valence-electron chi connectivity index (χ1n) is 6.82. The Balaban J connectivity index is 1.91. The number of carboxylic acids is 1. The Labute approximate surface area is 121 Å². The van der Waals surface area contributed by atoms with Crippen LogP contribution in [0.2, 0.25) is 0 Å². The summed E-state index contributed by atoms with van der Waals surface area (Å²) in [6.07, 6.45) is 2.45. The molecule has 0 saturated heterocycles. The molecule has 0 bridgehead atoms. The zero-order valence-corrected chi connectivity index (χ0v) is 11.6. The van der Waals surface area contributed by atoms with Crippen LogP contribution in [0.1, 0.15) is 41.9 Å². The van der Waals surface area contributed by atoms with Gasteiger partial charge in [0.15, 0.2) is 5.69 Å². The van der Waals surface area contributed by atoms with Crippen LogP contribution in [0.25, 0.3) is 0 Å². The lowest BCUT2D eigenvalue weighted by atomic mass is 9.79. The number of aromatic nitrogens is 2. The fourth-order valence-electron chi connectivity index (χ4n) is 2.54. The number of carbonyl (C=O) groups is 3. The van der Waals surface area contributed by atoms with Gasteiger partial charge in [0, 0.05) is 23.5 Å². The molecule has 0 radical (unpaired) electrons. The number of hydrazine groups is 1. The van der Waals surface area contributed by atoms with Crippen LogP contribution in [0.3, 0.4) is 0 Å². The quantitative estimate of drug-likeness (QED) is 0.618. The summed E-state index contributed by atoms with van der Waals surface area (Å²) in [7, 11) is 0. The highest BCUT2D eigenvalue weighted by Crippen LogP contribution is 2.29. The van der Waals surface area contributed by atoms with Crippen molar-refractivity contribution in [3.8, 4) is 0 Å². The van der Waals surface area contributed by atoms with Gasteiger partial charge in [-0.05, 0) is 25.8 Å². The van der Waals surface area contributed by atoms with Gasteiger partial charge < -0.3 is 9.90 Å². The number of aromatic amines is 1. The molecule has 2 atom stereocenters. The maximum Gasteiger partial charge on any atom is 0.290 e. The molecular weight excluding hydrogens is 276 g/mol. The molecule has 0 spiro atoms. The van der Waals surface area contributed by atoms with E-state index in [4.69, 9.17) is 0 Å². The number of amides is 2. The zero-order chi connectivity index (χ0) is 15.4. The highest BCUT2D eigenvalue weighted by atomic mass is 16.4. The summed E-state index contributed by atoms with van der Waals surface area (Å²) in [4.78, 5) is 34.8. The van der Waals surface area contributed by atoms with Crippen LogP contribution in [0.5, 0.6) is 0 Å². The molecule has 1 aromatic rings. The first kappa shape index (κ1) is 15.0. The Morgan fingerprint density at radius 2 is 1.90 bits per heavy atom. The van der Waals surface area contributed by atoms with Gasteiger partial charge >= 0.3 is 0 Å². The second-order valence-corrected chi connectivity index (χ2v) is 5.20. The van der Waals surface area contributed by atoms with Gasteiger partial charge in [-0.15, -0.1) is 0 Å². The maximum absolute atomic E-state index is 12.0. The largest absolute Gasteiger partial charge is 0.550 e. The predicted octanol–water partition coefficient (Wildman–Crippen LogP) is -0.965. The molecule has 0 aromatic carbocycles. The van der Waals surface area contributed by atoms with Gasteiger partial charge in [-0.2, -0.15) is 5.10 Å². The third-order valence-electron chi connectivity index (χ3n) is 3.64. The van der Waals surface area contributed by atoms with Gasteiger partial charge in [0.05, 0.1) is 0 Å². The fourth-order valence-corrected chi connectivity index (χ4v) is 2.54. The first-order valence-corrected chi connectivity index (χ1v) is 6.82. The number of nitrogens with one attached hydrogen (secondary N) is 3. The molecule has 2 amide bonds. The second-order valence-electron chi connectivity index (χ2n) is 5.20. The Morgan fingerprint density at radius 1 is 1.24 bits per heavy atom. The summed E-state index contributed by atoms with van der Waals surface area (Å²) in [6, 6.07) is 1.53. The van der Waals surface area contributed by atoms with E-state index < -0.39 is 29.6 Å². The SMILES string of the molecule is Cc1cc(C(=O)NNC(=O)[C@@H]2CCCC[C@H]2C(=O)[O-])n[nH]1. The van der Waals surface area contributed by atoms with E-state index in [0.29, 0.717) is 12.8 Å². The molecular formula is C13H17N4O4-. The molecule has 1 aromatic heterocycles. The molecule has 2 rings (SSSR count). The van der Waals surface area contributed by atoms with Gasteiger partial charge in [0.2, 0.25) is 5.91 Å². The smallest absolute Gasteiger partial charge is 0.290 e. The van der Waals surface area contributed by atoms with Crippen molar-refractivity contribution in [2.45, 2.75) is 32.6 Å². The lowest BCUT2D eigenvalue weighted by Gasteiger charge is -2.30. The molecule has 1 fully saturated rings. The van der Waals surface area contributed by atoms with Crippen molar-refractivity contribution in [3.05, 3.63) is 17.5 Å². The van der Waals surface area contributed by atoms with E-state index in [1.807, 2.05) is 0 Å². The van der Waals surface area contributed by atoms with Crippen LogP contribution >= 0.6 is 0 Å². The van der Waals surface area contributed by atoms with Crippen LogP contribution in [0.15, 0.2) is 6.07 Å². The summed E-state index contributed by atoms with van der Waals surface area (Å²) in [5.41, 5.74) is 5.36. The molecule has 8 heteroatoms.